The lowest BCUT2D eigenvalue weighted by molar-refractivity contribution is 0.577. The lowest BCUT2D eigenvalue weighted by Gasteiger charge is -2.14. The first-order chi connectivity index (χ1) is 8.47. The molecule has 0 bridgehead atoms. The van der Waals surface area contributed by atoms with Crippen LogP contribution >= 0.6 is 15.9 Å². The van der Waals surface area contributed by atoms with Gasteiger partial charge in [0.05, 0.1) is 6.04 Å². The van der Waals surface area contributed by atoms with Gasteiger partial charge in [0.25, 0.3) is 0 Å². The van der Waals surface area contributed by atoms with Crippen LogP contribution in [-0.4, -0.2) is 0 Å². The van der Waals surface area contributed by atoms with Crippen molar-refractivity contribution >= 4 is 15.9 Å². The third kappa shape index (κ3) is 2.76. The summed E-state index contributed by atoms with van der Waals surface area (Å²) in [6.45, 7) is 1.94. The highest BCUT2D eigenvalue weighted by Crippen LogP contribution is 2.25. The minimum Gasteiger partial charge on any atom is -0.320 e. The van der Waals surface area contributed by atoms with Gasteiger partial charge in [0, 0.05) is 10.5 Å². The maximum atomic E-state index is 13.1. The van der Waals surface area contributed by atoms with Crippen LogP contribution in [0.15, 0.2) is 40.9 Å². The molecule has 1 nitrogen and oxygen atoms in total. The molecule has 2 N–H and O–H groups in total. The van der Waals surface area contributed by atoms with Crippen LogP contribution in [0.3, 0.4) is 0 Å². The van der Waals surface area contributed by atoms with E-state index in [-0.39, 0.29) is 0 Å². The van der Waals surface area contributed by atoms with Crippen LogP contribution in [0.4, 0.5) is 8.78 Å². The molecule has 0 saturated carbocycles. The van der Waals surface area contributed by atoms with Gasteiger partial charge < -0.3 is 5.73 Å². The van der Waals surface area contributed by atoms with Crippen molar-refractivity contribution in [3.8, 4) is 0 Å². The zero-order valence-corrected chi connectivity index (χ0v) is 11.3. The number of aryl methyl sites for hydroxylation is 1. The van der Waals surface area contributed by atoms with Gasteiger partial charge in [-0.3, -0.25) is 0 Å². The van der Waals surface area contributed by atoms with Gasteiger partial charge in [-0.2, -0.15) is 0 Å². The summed E-state index contributed by atoms with van der Waals surface area (Å²) in [4.78, 5) is 0. The molecule has 2 aromatic carbocycles. The first-order valence-electron chi connectivity index (χ1n) is 5.45. The summed E-state index contributed by atoms with van der Waals surface area (Å²) in [5.74, 6) is -1.23. The Balaban J connectivity index is 2.40. The Bertz CT molecular complexity index is 564. The average Bonchev–Trinajstić information content (AvgIpc) is 2.30. The van der Waals surface area contributed by atoms with Crippen LogP contribution in [0.2, 0.25) is 0 Å². The predicted octanol–water partition coefficient (Wildman–Crippen LogP) is 4.08. The van der Waals surface area contributed by atoms with Gasteiger partial charge in [0.1, 0.15) is 11.6 Å². The van der Waals surface area contributed by atoms with Crippen LogP contribution in [0.1, 0.15) is 22.7 Å². The first-order valence-corrected chi connectivity index (χ1v) is 6.24. The summed E-state index contributed by atoms with van der Waals surface area (Å²) in [5.41, 5.74) is 8.30. The SMILES string of the molecule is Cc1cc(C(N)c2cc(F)cc(F)c2)ccc1Br. The maximum absolute atomic E-state index is 13.1. The summed E-state index contributed by atoms with van der Waals surface area (Å²) in [6.07, 6.45) is 0. The fraction of sp³-hybridized carbons (Fsp3) is 0.143. The minimum atomic E-state index is -0.616. The van der Waals surface area contributed by atoms with Crippen molar-refractivity contribution in [2.24, 2.45) is 5.73 Å². The largest absolute Gasteiger partial charge is 0.320 e. The Labute approximate surface area is 113 Å². The Hall–Kier alpha value is -1.26. The number of benzene rings is 2. The van der Waals surface area contributed by atoms with E-state index >= 15 is 0 Å². The van der Waals surface area contributed by atoms with Crippen LogP contribution < -0.4 is 5.73 Å². The summed E-state index contributed by atoms with van der Waals surface area (Å²) in [5, 5.41) is 0. The van der Waals surface area contributed by atoms with Crippen LogP contribution in [0.5, 0.6) is 0 Å². The normalized spacial score (nSPS) is 12.5. The summed E-state index contributed by atoms with van der Waals surface area (Å²) in [7, 11) is 0. The van der Waals surface area contributed by atoms with E-state index in [9.17, 15) is 8.78 Å². The molecule has 0 spiro atoms. The van der Waals surface area contributed by atoms with Crippen molar-refractivity contribution in [2.75, 3.05) is 0 Å². The molecule has 1 atom stereocenters. The van der Waals surface area contributed by atoms with Gasteiger partial charge in [-0.1, -0.05) is 28.1 Å². The summed E-state index contributed by atoms with van der Waals surface area (Å²) in [6, 6.07) is 8.42. The second-order valence-corrected chi connectivity index (χ2v) is 5.04. The minimum absolute atomic E-state index is 0.425. The molecule has 0 amide bonds. The fourth-order valence-corrected chi connectivity index (χ4v) is 2.06. The molecule has 18 heavy (non-hydrogen) atoms. The molecule has 1 unspecified atom stereocenters. The smallest absolute Gasteiger partial charge is 0.126 e. The van der Waals surface area contributed by atoms with E-state index in [1.807, 2.05) is 25.1 Å². The molecule has 4 heteroatoms. The molecule has 0 saturated heterocycles. The van der Waals surface area contributed by atoms with E-state index < -0.39 is 17.7 Å². The highest BCUT2D eigenvalue weighted by atomic mass is 79.9. The van der Waals surface area contributed by atoms with Crippen LogP contribution in [0.25, 0.3) is 0 Å². The second-order valence-electron chi connectivity index (χ2n) is 4.19. The van der Waals surface area contributed by atoms with Crippen molar-refractivity contribution in [1.82, 2.24) is 0 Å². The highest BCUT2D eigenvalue weighted by Gasteiger charge is 2.12. The van der Waals surface area contributed by atoms with Crippen molar-refractivity contribution in [2.45, 2.75) is 13.0 Å². The number of nitrogens with two attached hydrogens (primary N) is 1. The molecule has 0 heterocycles. The van der Waals surface area contributed by atoms with Crippen molar-refractivity contribution < 1.29 is 8.78 Å². The first kappa shape index (κ1) is 13.2. The van der Waals surface area contributed by atoms with Crippen molar-refractivity contribution in [3.05, 3.63) is 69.2 Å². The third-order valence-corrected chi connectivity index (χ3v) is 3.67. The second kappa shape index (κ2) is 5.16. The molecular formula is C14H12BrF2N. The van der Waals surface area contributed by atoms with Gasteiger partial charge in [-0.05, 0) is 41.8 Å². The van der Waals surface area contributed by atoms with E-state index in [1.54, 1.807) is 0 Å². The van der Waals surface area contributed by atoms with Gasteiger partial charge in [-0.25, -0.2) is 8.78 Å². The van der Waals surface area contributed by atoms with E-state index in [2.05, 4.69) is 15.9 Å². The van der Waals surface area contributed by atoms with E-state index in [1.165, 1.54) is 12.1 Å². The predicted molar refractivity (Wildman–Crippen MR) is 71.3 cm³/mol. The van der Waals surface area contributed by atoms with Crippen LogP contribution in [0, 0.1) is 18.6 Å². The Morgan fingerprint density at radius 3 is 2.17 bits per heavy atom. The van der Waals surface area contributed by atoms with Gasteiger partial charge in [0.2, 0.25) is 0 Å². The molecular weight excluding hydrogens is 300 g/mol. The number of rotatable bonds is 2. The molecule has 0 aliphatic rings. The van der Waals surface area contributed by atoms with E-state index in [0.29, 0.717) is 5.56 Å². The molecule has 0 aliphatic carbocycles. The topological polar surface area (TPSA) is 26.0 Å². The molecule has 0 radical (unpaired) electrons. The molecule has 2 aromatic rings. The zero-order chi connectivity index (χ0) is 13.3. The number of halogens is 3. The van der Waals surface area contributed by atoms with E-state index in [0.717, 1.165) is 21.7 Å². The lowest BCUT2D eigenvalue weighted by Crippen LogP contribution is -2.12. The van der Waals surface area contributed by atoms with Gasteiger partial charge in [0.15, 0.2) is 0 Å². The summed E-state index contributed by atoms with van der Waals surface area (Å²) >= 11 is 3.40. The average molecular weight is 312 g/mol. The van der Waals surface area contributed by atoms with Crippen molar-refractivity contribution in [3.63, 3.8) is 0 Å². The molecule has 0 aliphatic heterocycles. The molecule has 2 rings (SSSR count). The number of hydrogen-bond acceptors (Lipinski definition) is 1. The monoisotopic (exact) mass is 311 g/mol. The zero-order valence-electron chi connectivity index (χ0n) is 9.75. The Morgan fingerprint density at radius 2 is 1.61 bits per heavy atom. The fourth-order valence-electron chi connectivity index (χ4n) is 1.81. The van der Waals surface area contributed by atoms with E-state index in [4.69, 9.17) is 5.73 Å². The molecule has 0 fully saturated rings. The lowest BCUT2D eigenvalue weighted by atomic mass is 9.98. The Kier molecular flexibility index (Phi) is 3.78. The van der Waals surface area contributed by atoms with Crippen molar-refractivity contribution in [1.29, 1.82) is 0 Å². The highest BCUT2D eigenvalue weighted by molar-refractivity contribution is 9.10. The van der Waals surface area contributed by atoms with Gasteiger partial charge >= 0.3 is 0 Å². The summed E-state index contributed by atoms with van der Waals surface area (Å²) < 4.78 is 27.3. The maximum Gasteiger partial charge on any atom is 0.126 e. The van der Waals surface area contributed by atoms with Gasteiger partial charge in [-0.15, -0.1) is 0 Å². The quantitative estimate of drug-likeness (QED) is 0.888. The standard InChI is InChI=1S/C14H12BrF2N/c1-8-4-9(2-3-13(8)15)14(18)10-5-11(16)7-12(17)6-10/h2-7,14H,18H2,1H3. The molecule has 0 aromatic heterocycles. The molecule has 94 valence electrons. The Morgan fingerprint density at radius 1 is 1.00 bits per heavy atom. The number of hydrogen-bond donors (Lipinski definition) is 1. The van der Waals surface area contributed by atoms with Crippen LogP contribution in [-0.2, 0) is 0 Å². The third-order valence-electron chi connectivity index (χ3n) is 2.79.